The highest BCUT2D eigenvalue weighted by molar-refractivity contribution is 7.84. The number of rotatable bonds is 5. The Morgan fingerprint density at radius 2 is 1.83 bits per heavy atom. The molecule has 0 aliphatic carbocycles. The van der Waals surface area contributed by atoms with E-state index in [4.69, 9.17) is 4.74 Å². The molecule has 0 unspecified atom stereocenters. The molecule has 4 atom stereocenters. The third kappa shape index (κ3) is 3.48. The Labute approximate surface area is 140 Å². The zero-order chi connectivity index (χ0) is 16.4. The summed E-state index contributed by atoms with van der Waals surface area (Å²) in [6.45, 7) is 5.10. The molecule has 3 nitrogen and oxygen atoms in total. The Morgan fingerprint density at radius 3 is 2.52 bits per heavy atom. The van der Waals surface area contributed by atoms with Crippen molar-refractivity contribution in [2.24, 2.45) is 0 Å². The van der Waals surface area contributed by atoms with Crippen LogP contribution in [0, 0.1) is 0 Å². The number of hydrogen-bond donors (Lipinski definition) is 1. The molecule has 0 saturated carbocycles. The summed E-state index contributed by atoms with van der Waals surface area (Å²) >= 11 is 0. The van der Waals surface area contributed by atoms with Gasteiger partial charge in [0.05, 0.1) is 6.61 Å². The first-order valence-corrected chi connectivity index (χ1v) is 9.53. The number of para-hydroxylation sites is 1. The lowest BCUT2D eigenvalue weighted by atomic mass is 9.93. The number of benzene rings is 2. The zero-order valence-corrected chi connectivity index (χ0v) is 14.6. The summed E-state index contributed by atoms with van der Waals surface area (Å²) < 4.78 is 17.3. The van der Waals surface area contributed by atoms with Crippen LogP contribution in [0.2, 0.25) is 0 Å². The van der Waals surface area contributed by atoms with E-state index >= 15 is 0 Å². The second kappa shape index (κ2) is 6.85. The van der Waals surface area contributed by atoms with E-state index in [1.165, 1.54) is 11.1 Å². The molecular formula is C19H23NO2S. The highest BCUT2D eigenvalue weighted by atomic mass is 32.2. The first-order chi connectivity index (χ1) is 11.1. The van der Waals surface area contributed by atoms with Gasteiger partial charge in [-0.2, -0.15) is 0 Å². The number of nitrogens with one attached hydrogen (secondary N) is 1. The Morgan fingerprint density at radius 1 is 1.13 bits per heavy atom. The van der Waals surface area contributed by atoms with E-state index in [9.17, 15) is 4.21 Å². The van der Waals surface area contributed by atoms with Crippen LogP contribution in [-0.4, -0.2) is 23.1 Å². The summed E-state index contributed by atoms with van der Waals surface area (Å²) in [5.74, 6) is 1.38. The molecule has 1 aliphatic heterocycles. The van der Waals surface area contributed by atoms with Gasteiger partial charge >= 0.3 is 0 Å². The van der Waals surface area contributed by atoms with Crippen molar-refractivity contribution < 1.29 is 8.95 Å². The maximum absolute atomic E-state index is 11.5. The number of fused-ring (bicyclic) bond motifs is 1. The lowest BCUT2D eigenvalue weighted by molar-refractivity contribution is 0.297. The number of hydrogen-bond acceptors (Lipinski definition) is 3. The molecule has 2 aromatic carbocycles. The lowest BCUT2D eigenvalue weighted by Crippen LogP contribution is -2.34. The van der Waals surface area contributed by atoms with E-state index < -0.39 is 10.8 Å². The maximum atomic E-state index is 11.5. The molecule has 0 saturated heterocycles. The van der Waals surface area contributed by atoms with Gasteiger partial charge in [-0.15, -0.1) is 0 Å². The van der Waals surface area contributed by atoms with Crippen molar-refractivity contribution in [2.45, 2.75) is 36.7 Å². The second-order valence-corrected chi connectivity index (χ2v) is 7.54. The summed E-state index contributed by atoms with van der Waals surface area (Å²) in [4.78, 5) is 0.868. The van der Waals surface area contributed by atoms with Gasteiger partial charge in [0.2, 0.25) is 0 Å². The van der Waals surface area contributed by atoms with Crippen molar-refractivity contribution in [3.05, 3.63) is 59.7 Å². The van der Waals surface area contributed by atoms with Crippen molar-refractivity contribution in [2.75, 3.05) is 12.9 Å². The zero-order valence-electron chi connectivity index (χ0n) is 13.8. The molecule has 1 N–H and O–H groups in total. The van der Waals surface area contributed by atoms with E-state index in [1.807, 2.05) is 24.3 Å². The van der Waals surface area contributed by atoms with E-state index in [0.29, 0.717) is 12.0 Å². The molecule has 4 heteroatoms. The molecule has 3 rings (SSSR count). The molecule has 1 heterocycles. The summed E-state index contributed by atoms with van der Waals surface area (Å²) in [7, 11) is -0.925. The highest BCUT2D eigenvalue weighted by Crippen LogP contribution is 2.36. The van der Waals surface area contributed by atoms with Crippen LogP contribution in [0.3, 0.4) is 0 Å². The molecule has 0 aromatic heterocycles. The second-order valence-electron chi connectivity index (χ2n) is 6.16. The molecule has 0 radical (unpaired) electrons. The number of ether oxygens (including phenoxy) is 1. The highest BCUT2D eigenvalue weighted by Gasteiger charge is 2.29. The quantitative estimate of drug-likeness (QED) is 0.910. The molecule has 0 spiro atoms. The fourth-order valence-electron chi connectivity index (χ4n) is 3.16. The van der Waals surface area contributed by atoms with Gasteiger partial charge in [0, 0.05) is 45.5 Å². The molecule has 23 heavy (non-hydrogen) atoms. The van der Waals surface area contributed by atoms with E-state index in [2.05, 4.69) is 43.4 Å². The molecule has 1 aliphatic rings. The van der Waals surface area contributed by atoms with Gasteiger partial charge in [-0.05, 0) is 37.6 Å². The van der Waals surface area contributed by atoms with Crippen LogP contribution in [0.5, 0.6) is 5.75 Å². The van der Waals surface area contributed by atoms with Crippen LogP contribution < -0.4 is 10.1 Å². The van der Waals surface area contributed by atoms with E-state index in [0.717, 1.165) is 17.3 Å². The summed E-state index contributed by atoms with van der Waals surface area (Å²) in [6, 6.07) is 16.8. The van der Waals surface area contributed by atoms with Crippen LogP contribution in [0.25, 0.3) is 0 Å². The summed E-state index contributed by atoms with van der Waals surface area (Å²) in [5.41, 5.74) is 2.50. The van der Waals surface area contributed by atoms with Crippen molar-refractivity contribution in [1.82, 2.24) is 5.32 Å². The van der Waals surface area contributed by atoms with Crippen LogP contribution >= 0.6 is 0 Å². The van der Waals surface area contributed by atoms with Gasteiger partial charge in [0.15, 0.2) is 0 Å². The predicted molar refractivity (Wildman–Crippen MR) is 94.5 cm³/mol. The van der Waals surface area contributed by atoms with Gasteiger partial charge in [-0.25, -0.2) is 0 Å². The van der Waals surface area contributed by atoms with Gasteiger partial charge in [0.1, 0.15) is 5.75 Å². The largest absolute Gasteiger partial charge is 0.493 e. The van der Waals surface area contributed by atoms with Gasteiger partial charge in [-0.3, -0.25) is 4.21 Å². The third-order valence-electron chi connectivity index (χ3n) is 4.57. The summed E-state index contributed by atoms with van der Waals surface area (Å²) in [5, 5.41) is 3.67. The normalized spacial score (nSPS) is 20.4. The Bertz CT molecular complexity index is 699. The standard InChI is InChI=1S/C19H23NO2S/c1-13(15-8-10-16(11-9-15)23(3)21)20-14(2)18-12-22-19-7-5-4-6-17(18)19/h4-11,13-14,18,20H,12H2,1-3H3/t13-,14+,18+,23-/m0/s1. The molecule has 0 amide bonds. The van der Waals surface area contributed by atoms with E-state index in [-0.39, 0.29) is 6.04 Å². The van der Waals surface area contributed by atoms with Crippen molar-refractivity contribution in [3.63, 3.8) is 0 Å². The maximum Gasteiger partial charge on any atom is 0.122 e. The van der Waals surface area contributed by atoms with Crippen LogP contribution in [0.1, 0.15) is 36.9 Å². The Balaban J connectivity index is 1.68. The summed E-state index contributed by atoms with van der Waals surface area (Å²) in [6.07, 6.45) is 1.70. The molecule has 122 valence electrons. The Kier molecular flexibility index (Phi) is 4.83. The SMILES string of the molecule is C[C@H](N[C@H](C)[C@H]1COc2ccccc21)c1ccc([S@](C)=O)cc1. The molecule has 2 aromatic rings. The van der Waals surface area contributed by atoms with Crippen molar-refractivity contribution >= 4 is 10.8 Å². The van der Waals surface area contributed by atoms with Crippen LogP contribution in [-0.2, 0) is 10.8 Å². The average molecular weight is 329 g/mol. The average Bonchev–Trinajstić information content (AvgIpc) is 2.99. The fraction of sp³-hybridized carbons (Fsp3) is 0.368. The predicted octanol–water partition coefficient (Wildman–Crippen LogP) is 3.64. The van der Waals surface area contributed by atoms with Gasteiger partial charge in [-0.1, -0.05) is 30.3 Å². The first kappa shape index (κ1) is 16.2. The van der Waals surface area contributed by atoms with Crippen LogP contribution in [0.4, 0.5) is 0 Å². The minimum atomic E-state index is -0.925. The fourth-order valence-corrected chi connectivity index (χ4v) is 3.68. The topological polar surface area (TPSA) is 38.3 Å². The van der Waals surface area contributed by atoms with Gasteiger partial charge in [0.25, 0.3) is 0 Å². The first-order valence-electron chi connectivity index (χ1n) is 7.97. The molecule has 0 fully saturated rings. The monoisotopic (exact) mass is 329 g/mol. The van der Waals surface area contributed by atoms with Crippen molar-refractivity contribution in [3.8, 4) is 5.75 Å². The molecular weight excluding hydrogens is 306 g/mol. The van der Waals surface area contributed by atoms with Gasteiger partial charge < -0.3 is 10.1 Å². The third-order valence-corrected chi connectivity index (χ3v) is 5.50. The Hall–Kier alpha value is -1.65. The smallest absolute Gasteiger partial charge is 0.122 e. The lowest BCUT2D eigenvalue weighted by Gasteiger charge is -2.25. The molecule has 0 bridgehead atoms. The van der Waals surface area contributed by atoms with Crippen LogP contribution in [0.15, 0.2) is 53.4 Å². The van der Waals surface area contributed by atoms with Crippen molar-refractivity contribution in [1.29, 1.82) is 0 Å². The minimum Gasteiger partial charge on any atom is -0.493 e. The van der Waals surface area contributed by atoms with E-state index in [1.54, 1.807) is 6.26 Å². The minimum absolute atomic E-state index is 0.233.